The molecule has 0 amide bonds. The molecule has 4 nitrogen and oxygen atoms in total. The van der Waals surface area contributed by atoms with Crippen LogP contribution in [0.2, 0.25) is 0 Å². The highest BCUT2D eigenvalue weighted by atomic mass is 19.1. The van der Waals surface area contributed by atoms with E-state index in [-0.39, 0.29) is 11.4 Å². The number of benzene rings is 1. The van der Waals surface area contributed by atoms with Crippen molar-refractivity contribution in [3.8, 4) is 0 Å². The monoisotopic (exact) mass is 278 g/mol. The van der Waals surface area contributed by atoms with Crippen LogP contribution in [0.1, 0.15) is 25.8 Å². The van der Waals surface area contributed by atoms with Crippen LogP contribution in [-0.4, -0.2) is 43.0 Å². The van der Waals surface area contributed by atoms with Crippen molar-refractivity contribution in [2.24, 2.45) is 5.73 Å². The third-order valence-corrected chi connectivity index (χ3v) is 4.09. The lowest BCUT2D eigenvalue weighted by Gasteiger charge is -2.27. The van der Waals surface area contributed by atoms with Gasteiger partial charge in [0.15, 0.2) is 0 Å². The van der Waals surface area contributed by atoms with Gasteiger partial charge in [-0.2, -0.15) is 0 Å². The summed E-state index contributed by atoms with van der Waals surface area (Å²) in [6.45, 7) is 8.12. The Kier molecular flexibility index (Phi) is 4.60. The van der Waals surface area contributed by atoms with Gasteiger partial charge in [0.25, 0.3) is 0 Å². The molecule has 1 heterocycles. The Morgan fingerprint density at radius 1 is 1.45 bits per heavy atom. The Balaban J connectivity index is 2.22. The standard InChI is InChI=1S/C15H23FN4/c1-3-19(4-2)11-8-9-20(10-11)13-7-5-6-12(16)14(13)15(17)18/h5-7,11H,3-4,8-10H2,1-2H3,(H3,17,18). The summed E-state index contributed by atoms with van der Waals surface area (Å²) in [5.41, 5.74) is 6.51. The zero-order valence-corrected chi connectivity index (χ0v) is 12.2. The van der Waals surface area contributed by atoms with Crippen LogP contribution in [0.25, 0.3) is 0 Å². The highest BCUT2D eigenvalue weighted by molar-refractivity contribution is 6.00. The molecule has 1 unspecified atom stereocenters. The SMILES string of the molecule is CCN(CC)C1CCN(c2cccc(F)c2C(=N)N)C1. The predicted octanol–water partition coefficient (Wildman–Crippen LogP) is 2.03. The maximum atomic E-state index is 13.9. The topological polar surface area (TPSA) is 56.4 Å². The molecule has 0 saturated carbocycles. The van der Waals surface area contributed by atoms with Gasteiger partial charge in [0, 0.05) is 19.1 Å². The number of likely N-dealkylation sites (N-methyl/N-ethyl adjacent to an activating group) is 1. The highest BCUT2D eigenvalue weighted by Crippen LogP contribution is 2.27. The number of nitrogens with two attached hydrogens (primary N) is 1. The molecule has 1 aliphatic heterocycles. The summed E-state index contributed by atoms with van der Waals surface area (Å²) >= 11 is 0. The molecule has 0 spiro atoms. The summed E-state index contributed by atoms with van der Waals surface area (Å²) in [6.07, 6.45) is 1.07. The smallest absolute Gasteiger partial charge is 0.136 e. The first kappa shape index (κ1) is 14.8. The summed E-state index contributed by atoms with van der Waals surface area (Å²) in [6, 6.07) is 5.39. The average Bonchev–Trinajstić information content (AvgIpc) is 2.89. The van der Waals surface area contributed by atoms with Gasteiger partial charge in [0.2, 0.25) is 0 Å². The van der Waals surface area contributed by atoms with Crippen molar-refractivity contribution in [3.05, 3.63) is 29.6 Å². The predicted molar refractivity (Wildman–Crippen MR) is 81.0 cm³/mol. The first-order valence-electron chi connectivity index (χ1n) is 7.20. The van der Waals surface area contributed by atoms with Crippen LogP contribution >= 0.6 is 0 Å². The second-order valence-electron chi connectivity index (χ2n) is 5.16. The van der Waals surface area contributed by atoms with Crippen LogP contribution in [-0.2, 0) is 0 Å². The van der Waals surface area contributed by atoms with Crippen LogP contribution in [0, 0.1) is 11.2 Å². The van der Waals surface area contributed by atoms with E-state index in [1.54, 1.807) is 6.07 Å². The average molecular weight is 278 g/mol. The van der Waals surface area contributed by atoms with Crippen molar-refractivity contribution < 1.29 is 4.39 Å². The molecule has 0 aromatic heterocycles. The summed E-state index contributed by atoms with van der Waals surface area (Å²) in [5.74, 6) is -0.620. The third kappa shape index (κ3) is 2.77. The number of nitrogens with zero attached hydrogens (tertiary/aromatic N) is 2. The number of hydrogen-bond donors (Lipinski definition) is 2. The van der Waals surface area contributed by atoms with Gasteiger partial charge < -0.3 is 10.6 Å². The van der Waals surface area contributed by atoms with Crippen molar-refractivity contribution >= 4 is 11.5 Å². The van der Waals surface area contributed by atoms with Crippen molar-refractivity contribution in [1.82, 2.24) is 4.90 Å². The van der Waals surface area contributed by atoms with E-state index in [1.807, 2.05) is 6.07 Å². The summed E-state index contributed by atoms with van der Waals surface area (Å²) < 4.78 is 13.9. The normalized spacial score (nSPS) is 18.8. The van der Waals surface area contributed by atoms with Crippen molar-refractivity contribution in [1.29, 1.82) is 5.41 Å². The molecule has 5 heteroatoms. The number of rotatable bonds is 5. The largest absolute Gasteiger partial charge is 0.384 e. The molecule has 2 rings (SSSR count). The van der Waals surface area contributed by atoms with Gasteiger partial charge in [0.05, 0.1) is 11.3 Å². The molecular formula is C15H23FN4. The Morgan fingerprint density at radius 2 is 2.15 bits per heavy atom. The Bertz CT molecular complexity index is 485. The number of anilines is 1. The molecule has 0 bridgehead atoms. The molecule has 1 aromatic carbocycles. The highest BCUT2D eigenvalue weighted by Gasteiger charge is 2.28. The zero-order valence-electron chi connectivity index (χ0n) is 12.2. The first-order valence-corrected chi connectivity index (χ1v) is 7.20. The molecule has 0 radical (unpaired) electrons. The minimum atomic E-state index is -0.415. The van der Waals surface area contributed by atoms with Gasteiger partial charge in [-0.25, -0.2) is 4.39 Å². The van der Waals surface area contributed by atoms with E-state index in [0.29, 0.717) is 6.04 Å². The van der Waals surface area contributed by atoms with Gasteiger partial charge in [-0.1, -0.05) is 19.9 Å². The van der Waals surface area contributed by atoms with Gasteiger partial charge in [-0.15, -0.1) is 0 Å². The lowest BCUT2D eigenvalue weighted by molar-refractivity contribution is 0.232. The number of nitrogens with one attached hydrogen (secondary N) is 1. The van der Waals surface area contributed by atoms with Crippen LogP contribution in [0.4, 0.5) is 10.1 Å². The number of nitrogen functional groups attached to an aromatic ring is 1. The molecule has 1 aliphatic rings. The lowest BCUT2D eigenvalue weighted by Crippen LogP contribution is -2.37. The fraction of sp³-hybridized carbons (Fsp3) is 0.533. The molecule has 1 atom stereocenters. The molecule has 20 heavy (non-hydrogen) atoms. The van der Waals surface area contributed by atoms with Crippen molar-refractivity contribution in [2.45, 2.75) is 26.3 Å². The molecule has 1 aromatic rings. The Labute approximate surface area is 119 Å². The van der Waals surface area contributed by atoms with E-state index in [2.05, 4.69) is 23.6 Å². The van der Waals surface area contributed by atoms with Crippen LogP contribution in [0.3, 0.4) is 0 Å². The summed E-state index contributed by atoms with van der Waals surface area (Å²) in [7, 11) is 0. The van der Waals surface area contributed by atoms with E-state index >= 15 is 0 Å². The molecule has 3 N–H and O–H groups in total. The molecule has 1 saturated heterocycles. The fourth-order valence-corrected chi connectivity index (χ4v) is 3.04. The maximum Gasteiger partial charge on any atom is 0.136 e. The molecule has 0 aliphatic carbocycles. The second-order valence-corrected chi connectivity index (χ2v) is 5.16. The van der Waals surface area contributed by atoms with E-state index in [9.17, 15) is 4.39 Å². The van der Waals surface area contributed by atoms with Crippen LogP contribution in [0.5, 0.6) is 0 Å². The minimum absolute atomic E-state index is 0.204. The quantitative estimate of drug-likeness (QED) is 0.640. The van der Waals surface area contributed by atoms with E-state index in [4.69, 9.17) is 11.1 Å². The third-order valence-electron chi connectivity index (χ3n) is 4.09. The van der Waals surface area contributed by atoms with Crippen molar-refractivity contribution in [2.75, 3.05) is 31.1 Å². The van der Waals surface area contributed by atoms with Gasteiger partial charge >= 0.3 is 0 Å². The van der Waals surface area contributed by atoms with E-state index in [1.165, 1.54) is 6.07 Å². The van der Waals surface area contributed by atoms with Crippen LogP contribution < -0.4 is 10.6 Å². The number of halogens is 1. The molecule has 1 fully saturated rings. The maximum absolute atomic E-state index is 13.9. The number of hydrogen-bond acceptors (Lipinski definition) is 3. The van der Waals surface area contributed by atoms with Gasteiger partial charge in [-0.05, 0) is 31.6 Å². The zero-order chi connectivity index (χ0) is 14.7. The minimum Gasteiger partial charge on any atom is -0.384 e. The summed E-state index contributed by atoms with van der Waals surface area (Å²) in [4.78, 5) is 4.57. The van der Waals surface area contributed by atoms with Crippen LogP contribution in [0.15, 0.2) is 18.2 Å². The van der Waals surface area contributed by atoms with Gasteiger partial charge in [0.1, 0.15) is 11.7 Å². The Hall–Kier alpha value is -1.62. The lowest BCUT2D eigenvalue weighted by atomic mass is 10.1. The molecular weight excluding hydrogens is 255 g/mol. The first-order chi connectivity index (χ1) is 9.58. The number of amidine groups is 1. The molecule has 110 valence electrons. The fourth-order valence-electron chi connectivity index (χ4n) is 3.04. The summed E-state index contributed by atoms with van der Waals surface area (Å²) in [5, 5.41) is 7.59. The van der Waals surface area contributed by atoms with E-state index < -0.39 is 5.82 Å². The Morgan fingerprint density at radius 3 is 2.75 bits per heavy atom. The van der Waals surface area contributed by atoms with Crippen molar-refractivity contribution in [3.63, 3.8) is 0 Å². The van der Waals surface area contributed by atoms with E-state index in [0.717, 1.165) is 38.3 Å². The second kappa shape index (κ2) is 6.22. The van der Waals surface area contributed by atoms with Gasteiger partial charge in [-0.3, -0.25) is 10.3 Å².